The minimum absolute atomic E-state index is 0.0309. The highest BCUT2D eigenvalue weighted by Gasteiger charge is 2.09. The van der Waals surface area contributed by atoms with E-state index in [1.807, 2.05) is 32.9 Å². The van der Waals surface area contributed by atoms with Gasteiger partial charge in [0.25, 0.3) is 0 Å². The molecule has 0 radical (unpaired) electrons. The highest BCUT2D eigenvalue weighted by Crippen LogP contribution is 2.21. The highest BCUT2D eigenvalue weighted by atomic mass is 32.2. The van der Waals surface area contributed by atoms with Crippen LogP contribution >= 0.6 is 23.1 Å². The molecule has 0 fully saturated rings. The van der Waals surface area contributed by atoms with Crippen molar-refractivity contribution in [3.63, 3.8) is 0 Å². The van der Waals surface area contributed by atoms with Gasteiger partial charge in [-0.1, -0.05) is 6.07 Å². The van der Waals surface area contributed by atoms with Gasteiger partial charge in [0.2, 0.25) is 5.91 Å². The normalized spacial score (nSPS) is 10.6. The fourth-order valence-electron chi connectivity index (χ4n) is 2.03. The number of carbonyl (C=O) groups is 1. The molecule has 0 saturated heterocycles. The van der Waals surface area contributed by atoms with Gasteiger partial charge in [-0.05, 0) is 43.8 Å². The largest absolute Gasteiger partial charge is 0.324 e. The lowest BCUT2D eigenvalue weighted by molar-refractivity contribution is -0.113. The number of aromatic nitrogens is 1. The van der Waals surface area contributed by atoms with Crippen molar-refractivity contribution in [3.05, 3.63) is 45.4 Å². The number of pyridine rings is 1. The Balaban J connectivity index is 1.88. The van der Waals surface area contributed by atoms with Crippen LogP contribution in [-0.4, -0.2) is 16.6 Å². The van der Waals surface area contributed by atoms with E-state index >= 15 is 0 Å². The first kappa shape index (κ1) is 15.1. The van der Waals surface area contributed by atoms with Gasteiger partial charge in [0.15, 0.2) is 0 Å². The summed E-state index contributed by atoms with van der Waals surface area (Å²) < 4.78 is 0. The zero-order chi connectivity index (χ0) is 14.5. The zero-order valence-electron chi connectivity index (χ0n) is 11.9. The number of amides is 1. The molecule has 0 bridgehead atoms. The van der Waals surface area contributed by atoms with Gasteiger partial charge in [-0.3, -0.25) is 9.78 Å². The molecule has 1 N–H and O–H groups in total. The number of anilines is 1. The van der Waals surface area contributed by atoms with Gasteiger partial charge in [-0.25, -0.2) is 0 Å². The van der Waals surface area contributed by atoms with Gasteiger partial charge in [-0.15, -0.1) is 23.1 Å². The van der Waals surface area contributed by atoms with Gasteiger partial charge in [0.05, 0.1) is 17.1 Å². The van der Waals surface area contributed by atoms with Crippen molar-refractivity contribution in [1.29, 1.82) is 0 Å². The SMILES string of the molecule is Cc1cc(C)c(NC(=O)CSCc2cccs2)c(C)n1. The molecule has 106 valence electrons. The van der Waals surface area contributed by atoms with Crippen LogP contribution in [0, 0.1) is 20.8 Å². The average molecular weight is 306 g/mol. The first-order chi connectivity index (χ1) is 9.56. The third-order valence-corrected chi connectivity index (χ3v) is 4.89. The number of thiophene rings is 1. The van der Waals surface area contributed by atoms with Crippen LogP contribution < -0.4 is 5.32 Å². The van der Waals surface area contributed by atoms with Gasteiger partial charge in [0.1, 0.15) is 0 Å². The summed E-state index contributed by atoms with van der Waals surface area (Å²) in [5.74, 6) is 1.38. The van der Waals surface area contributed by atoms with E-state index < -0.39 is 0 Å². The van der Waals surface area contributed by atoms with Crippen LogP contribution in [0.5, 0.6) is 0 Å². The molecular formula is C15H18N2OS2. The summed E-state index contributed by atoms with van der Waals surface area (Å²) in [5.41, 5.74) is 3.76. The molecule has 0 spiro atoms. The zero-order valence-corrected chi connectivity index (χ0v) is 13.5. The van der Waals surface area contributed by atoms with E-state index in [1.54, 1.807) is 23.1 Å². The Morgan fingerprint density at radius 2 is 2.20 bits per heavy atom. The second-order valence-corrected chi connectivity index (χ2v) is 6.68. The predicted octanol–water partition coefficient (Wildman–Crippen LogP) is 3.94. The van der Waals surface area contributed by atoms with Crippen molar-refractivity contribution in [2.24, 2.45) is 0 Å². The van der Waals surface area contributed by atoms with E-state index in [4.69, 9.17) is 0 Å². The second-order valence-electron chi connectivity index (χ2n) is 4.66. The van der Waals surface area contributed by atoms with Crippen LogP contribution in [0.2, 0.25) is 0 Å². The maximum absolute atomic E-state index is 12.0. The molecule has 0 aliphatic rings. The quantitative estimate of drug-likeness (QED) is 0.909. The molecule has 2 heterocycles. The lowest BCUT2D eigenvalue weighted by atomic mass is 10.1. The number of hydrogen-bond acceptors (Lipinski definition) is 4. The predicted molar refractivity (Wildman–Crippen MR) is 87.6 cm³/mol. The number of hydrogen-bond donors (Lipinski definition) is 1. The number of rotatable bonds is 5. The average Bonchev–Trinajstić information content (AvgIpc) is 2.87. The van der Waals surface area contributed by atoms with Crippen LogP contribution in [0.4, 0.5) is 5.69 Å². The molecule has 2 rings (SSSR count). The Morgan fingerprint density at radius 1 is 1.40 bits per heavy atom. The molecule has 5 heteroatoms. The second kappa shape index (κ2) is 6.90. The molecule has 20 heavy (non-hydrogen) atoms. The Hall–Kier alpha value is -1.33. The molecule has 2 aromatic rings. The fourth-order valence-corrected chi connectivity index (χ4v) is 3.70. The summed E-state index contributed by atoms with van der Waals surface area (Å²) in [7, 11) is 0. The Labute approximate surface area is 127 Å². The molecule has 2 aromatic heterocycles. The molecule has 0 atom stereocenters. The number of thioether (sulfide) groups is 1. The smallest absolute Gasteiger partial charge is 0.234 e. The summed E-state index contributed by atoms with van der Waals surface area (Å²) in [5, 5.41) is 5.02. The molecular weight excluding hydrogens is 288 g/mol. The van der Waals surface area contributed by atoms with Crippen LogP contribution in [0.3, 0.4) is 0 Å². The highest BCUT2D eigenvalue weighted by molar-refractivity contribution is 7.99. The van der Waals surface area contributed by atoms with Gasteiger partial charge in [0, 0.05) is 16.3 Å². The van der Waals surface area contributed by atoms with Gasteiger partial charge in [-0.2, -0.15) is 0 Å². The monoisotopic (exact) mass is 306 g/mol. The fraction of sp³-hybridized carbons (Fsp3) is 0.333. The van der Waals surface area contributed by atoms with Crippen molar-refractivity contribution in [2.75, 3.05) is 11.1 Å². The lowest BCUT2D eigenvalue weighted by Crippen LogP contribution is -2.16. The van der Waals surface area contributed by atoms with Crippen molar-refractivity contribution >= 4 is 34.7 Å². The summed E-state index contributed by atoms with van der Waals surface area (Å²) in [6.07, 6.45) is 0. The summed E-state index contributed by atoms with van der Waals surface area (Å²) in [6.45, 7) is 5.88. The molecule has 0 unspecified atom stereocenters. The minimum Gasteiger partial charge on any atom is -0.324 e. The topological polar surface area (TPSA) is 42.0 Å². The number of nitrogens with zero attached hydrogens (tertiary/aromatic N) is 1. The maximum Gasteiger partial charge on any atom is 0.234 e. The number of nitrogens with one attached hydrogen (secondary N) is 1. The summed E-state index contributed by atoms with van der Waals surface area (Å²) >= 11 is 3.35. The van der Waals surface area contributed by atoms with Crippen LogP contribution in [-0.2, 0) is 10.5 Å². The molecule has 0 aromatic carbocycles. The van der Waals surface area contributed by atoms with E-state index in [9.17, 15) is 4.79 Å². The maximum atomic E-state index is 12.0. The van der Waals surface area contributed by atoms with Gasteiger partial charge < -0.3 is 5.32 Å². The van der Waals surface area contributed by atoms with Crippen LogP contribution in [0.15, 0.2) is 23.6 Å². The van der Waals surface area contributed by atoms with E-state index in [-0.39, 0.29) is 5.91 Å². The molecule has 3 nitrogen and oxygen atoms in total. The molecule has 1 amide bonds. The first-order valence-electron chi connectivity index (χ1n) is 6.41. The summed E-state index contributed by atoms with van der Waals surface area (Å²) in [6, 6.07) is 6.11. The van der Waals surface area contributed by atoms with Crippen molar-refractivity contribution < 1.29 is 4.79 Å². The third kappa shape index (κ3) is 4.08. The number of aryl methyl sites for hydroxylation is 3. The standard InChI is InChI=1S/C15H18N2OS2/c1-10-7-11(2)16-12(3)15(10)17-14(18)9-19-8-13-5-4-6-20-13/h4-7H,8-9H2,1-3H3,(H,17,18). The van der Waals surface area contributed by atoms with Gasteiger partial charge >= 0.3 is 0 Å². The Kier molecular flexibility index (Phi) is 5.20. The molecule has 0 saturated carbocycles. The van der Waals surface area contributed by atoms with Crippen molar-refractivity contribution in [2.45, 2.75) is 26.5 Å². The van der Waals surface area contributed by atoms with Crippen molar-refractivity contribution in [1.82, 2.24) is 4.98 Å². The molecule has 0 aliphatic carbocycles. The Morgan fingerprint density at radius 3 is 2.85 bits per heavy atom. The van der Waals surface area contributed by atoms with E-state index in [0.717, 1.165) is 28.4 Å². The Bertz CT molecular complexity index is 571. The molecule has 0 aliphatic heterocycles. The number of carbonyl (C=O) groups excluding carboxylic acids is 1. The minimum atomic E-state index is 0.0309. The summed E-state index contributed by atoms with van der Waals surface area (Å²) in [4.78, 5) is 17.7. The van der Waals surface area contributed by atoms with E-state index in [0.29, 0.717) is 5.75 Å². The van der Waals surface area contributed by atoms with Crippen molar-refractivity contribution in [3.8, 4) is 0 Å². The van der Waals surface area contributed by atoms with E-state index in [1.165, 1.54) is 4.88 Å². The van der Waals surface area contributed by atoms with E-state index in [2.05, 4.69) is 21.7 Å². The van der Waals surface area contributed by atoms with Crippen LogP contribution in [0.1, 0.15) is 21.8 Å². The first-order valence-corrected chi connectivity index (χ1v) is 8.44. The third-order valence-electron chi connectivity index (χ3n) is 2.85. The van der Waals surface area contributed by atoms with Crippen LogP contribution in [0.25, 0.3) is 0 Å². The lowest BCUT2D eigenvalue weighted by Gasteiger charge is -2.11.